The zero-order chi connectivity index (χ0) is 14.8. The third-order valence-electron chi connectivity index (χ3n) is 3.11. The molecule has 0 aliphatic heterocycles. The van der Waals surface area contributed by atoms with E-state index in [1.54, 1.807) is 11.3 Å². The lowest BCUT2D eigenvalue weighted by molar-refractivity contribution is 0.587. The average molecular weight is 317 g/mol. The van der Waals surface area contributed by atoms with E-state index in [2.05, 4.69) is 35.1 Å². The minimum atomic E-state index is -0.790. The molecule has 0 radical (unpaired) electrons. The maximum atomic E-state index is 13.7. The summed E-state index contributed by atoms with van der Waals surface area (Å²) in [5, 5.41) is 1.96. The Labute approximate surface area is 130 Å². The molecular formula is C16H9F2NS2. The quantitative estimate of drug-likeness (QED) is 0.429. The fraction of sp³-hybridized carbons (Fsp3) is 0.188. The van der Waals surface area contributed by atoms with E-state index in [4.69, 9.17) is 0 Å². The molecule has 1 saturated carbocycles. The summed E-state index contributed by atoms with van der Waals surface area (Å²) in [6, 6.07) is 6.32. The van der Waals surface area contributed by atoms with E-state index in [-0.39, 0.29) is 5.56 Å². The molecule has 5 heteroatoms. The van der Waals surface area contributed by atoms with Gasteiger partial charge in [-0.1, -0.05) is 11.8 Å². The highest BCUT2D eigenvalue weighted by Gasteiger charge is 2.24. The van der Waals surface area contributed by atoms with Crippen molar-refractivity contribution in [2.75, 3.05) is 0 Å². The third-order valence-corrected chi connectivity index (χ3v) is 4.37. The monoisotopic (exact) mass is 317 g/mol. The van der Waals surface area contributed by atoms with E-state index in [0.29, 0.717) is 5.92 Å². The van der Waals surface area contributed by atoms with Gasteiger partial charge in [-0.05, 0) is 55.2 Å². The normalized spacial score (nSPS) is 13.2. The molecule has 104 valence electrons. The second-order valence-electron chi connectivity index (χ2n) is 4.72. The molecule has 1 aromatic heterocycles. The number of thiocarbonyl (C=S) groups is 1. The van der Waals surface area contributed by atoms with Crippen LogP contribution in [0.5, 0.6) is 0 Å². The van der Waals surface area contributed by atoms with Crippen LogP contribution in [0.15, 0.2) is 29.3 Å². The number of halogens is 2. The van der Waals surface area contributed by atoms with E-state index in [1.165, 1.54) is 17.7 Å². The number of hydrogen-bond acceptors (Lipinski definition) is 3. The zero-order valence-electron chi connectivity index (χ0n) is 10.8. The first-order valence-electron chi connectivity index (χ1n) is 6.36. The van der Waals surface area contributed by atoms with E-state index in [0.717, 1.165) is 17.0 Å². The largest absolute Gasteiger partial charge is 0.204 e. The summed E-state index contributed by atoms with van der Waals surface area (Å²) in [7, 11) is 0. The van der Waals surface area contributed by atoms with E-state index >= 15 is 0 Å². The van der Waals surface area contributed by atoms with Gasteiger partial charge in [0.2, 0.25) is 0 Å². The molecule has 1 heterocycles. The molecule has 1 aliphatic rings. The molecule has 0 saturated heterocycles. The summed E-state index contributed by atoms with van der Waals surface area (Å²) in [5.41, 5.74) is -0.155. The predicted molar refractivity (Wildman–Crippen MR) is 83.3 cm³/mol. The van der Waals surface area contributed by atoms with Crippen LogP contribution < -0.4 is 0 Å². The minimum absolute atomic E-state index is 0.273. The highest BCUT2D eigenvalue weighted by atomic mass is 32.1. The molecule has 0 amide bonds. The number of hydrogen-bond donors (Lipinski definition) is 0. The smallest absolute Gasteiger partial charge is 0.153 e. The van der Waals surface area contributed by atoms with Crippen molar-refractivity contribution < 1.29 is 8.78 Å². The average Bonchev–Trinajstić information content (AvgIpc) is 3.20. The molecule has 1 aromatic carbocycles. The van der Waals surface area contributed by atoms with Crippen molar-refractivity contribution in [3.05, 3.63) is 51.2 Å². The summed E-state index contributed by atoms with van der Waals surface area (Å²) in [6.45, 7) is 0. The van der Waals surface area contributed by atoms with Crippen molar-refractivity contribution in [3.63, 3.8) is 0 Å². The highest BCUT2D eigenvalue weighted by molar-refractivity contribution is 7.78. The maximum Gasteiger partial charge on any atom is 0.153 e. The molecule has 0 bridgehead atoms. The number of thiophene rings is 1. The van der Waals surface area contributed by atoms with Gasteiger partial charge in [0.05, 0.1) is 10.0 Å². The Morgan fingerprint density at radius 1 is 1.14 bits per heavy atom. The topological polar surface area (TPSA) is 12.4 Å². The van der Waals surface area contributed by atoms with Crippen LogP contribution in [0.3, 0.4) is 0 Å². The molecule has 0 spiro atoms. The molecule has 2 aromatic rings. The number of aliphatic imine (C=N–C) groups is 1. The highest BCUT2D eigenvalue weighted by Crippen LogP contribution is 2.43. The minimum Gasteiger partial charge on any atom is -0.204 e. The second kappa shape index (κ2) is 5.87. The van der Waals surface area contributed by atoms with Gasteiger partial charge in [-0.15, -0.1) is 11.3 Å². The molecule has 1 fully saturated rings. The molecule has 0 atom stereocenters. The van der Waals surface area contributed by atoms with E-state index < -0.39 is 17.3 Å². The second-order valence-corrected chi connectivity index (χ2v) is 6.02. The molecular weight excluding hydrogens is 308 g/mol. The van der Waals surface area contributed by atoms with Crippen LogP contribution in [0.1, 0.15) is 34.1 Å². The fourth-order valence-electron chi connectivity index (χ4n) is 1.93. The summed E-state index contributed by atoms with van der Waals surface area (Å²) in [5.74, 6) is 4.82. The lowest BCUT2D eigenvalue weighted by Crippen LogP contribution is -1.86. The standard InChI is InChI=1S/C16H9F2NS2/c17-13-7-10(8-14(18)16(13)19-9-20)1-4-12-5-6-15(21-12)11-2-3-11/h5-8,11H,2-3H2. The van der Waals surface area contributed by atoms with Crippen molar-refractivity contribution in [2.24, 2.45) is 4.99 Å². The molecule has 21 heavy (non-hydrogen) atoms. The predicted octanol–water partition coefficient (Wildman–Crippen LogP) is 5.04. The van der Waals surface area contributed by atoms with Crippen LogP contribution in [0.4, 0.5) is 14.5 Å². The first-order chi connectivity index (χ1) is 10.2. The number of rotatable bonds is 2. The van der Waals surface area contributed by atoms with Crippen molar-refractivity contribution in [1.82, 2.24) is 0 Å². The molecule has 1 nitrogen and oxygen atoms in total. The SMILES string of the molecule is Fc1cc(C#Cc2ccc(C3CC3)s2)cc(F)c1N=C=S. The van der Waals surface area contributed by atoms with Crippen LogP contribution >= 0.6 is 23.6 Å². The van der Waals surface area contributed by atoms with Gasteiger partial charge in [-0.3, -0.25) is 0 Å². The van der Waals surface area contributed by atoms with Crippen LogP contribution in [0.2, 0.25) is 0 Å². The van der Waals surface area contributed by atoms with Gasteiger partial charge in [-0.25, -0.2) is 8.78 Å². The number of nitrogens with zero attached hydrogens (tertiary/aromatic N) is 1. The molecule has 0 N–H and O–H groups in total. The summed E-state index contributed by atoms with van der Waals surface area (Å²) < 4.78 is 27.3. The van der Waals surface area contributed by atoms with Crippen molar-refractivity contribution >= 4 is 34.4 Å². The summed E-state index contributed by atoms with van der Waals surface area (Å²) in [6.07, 6.45) is 2.48. The van der Waals surface area contributed by atoms with Gasteiger partial charge in [0.15, 0.2) is 11.6 Å². The Balaban J connectivity index is 1.87. The zero-order valence-corrected chi connectivity index (χ0v) is 12.5. The Bertz CT molecular complexity index is 780. The Kier molecular flexibility index (Phi) is 3.94. The van der Waals surface area contributed by atoms with Gasteiger partial charge in [0, 0.05) is 10.4 Å². The molecule has 1 aliphatic carbocycles. The molecule has 0 unspecified atom stereocenters. The summed E-state index contributed by atoms with van der Waals surface area (Å²) >= 11 is 5.99. The number of isothiocyanates is 1. The van der Waals surface area contributed by atoms with Gasteiger partial charge < -0.3 is 0 Å². The first kappa shape index (κ1) is 14.1. The van der Waals surface area contributed by atoms with Gasteiger partial charge >= 0.3 is 0 Å². The van der Waals surface area contributed by atoms with Crippen molar-refractivity contribution in [3.8, 4) is 11.8 Å². The van der Waals surface area contributed by atoms with E-state index in [1.807, 2.05) is 11.2 Å². The third kappa shape index (κ3) is 3.25. The molecule has 3 rings (SSSR count). The van der Waals surface area contributed by atoms with Gasteiger partial charge in [0.1, 0.15) is 5.69 Å². The van der Waals surface area contributed by atoms with Gasteiger partial charge in [-0.2, -0.15) is 4.99 Å². The maximum absolute atomic E-state index is 13.7. The van der Waals surface area contributed by atoms with Crippen molar-refractivity contribution in [2.45, 2.75) is 18.8 Å². The Morgan fingerprint density at radius 2 is 1.86 bits per heavy atom. The summed E-state index contributed by atoms with van der Waals surface area (Å²) in [4.78, 5) is 5.60. The van der Waals surface area contributed by atoms with Crippen molar-refractivity contribution in [1.29, 1.82) is 0 Å². The fourth-order valence-corrected chi connectivity index (χ4v) is 3.05. The Hall–Kier alpha value is -1.86. The lowest BCUT2D eigenvalue weighted by atomic mass is 10.2. The Morgan fingerprint density at radius 3 is 2.48 bits per heavy atom. The van der Waals surface area contributed by atoms with Crippen LogP contribution in [0, 0.1) is 23.5 Å². The first-order valence-corrected chi connectivity index (χ1v) is 7.58. The van der Waals surface area contributed by atoms with Gasteiger partial charge in [0.25, 0.3) is 0 Å². The number of benzene rings is 1. The van der Waals surface area contributed by atoms with Crippen LogP contribution in [-0.4, -0.2) is 5.16 Å². The van der Waals surface area contributed by atoms with E-state index in [9.17, 15) is 8.78 Å². The van der Waals surface area contributed by atoms with Crippen LogP contribution in [-0.2, 0) is 0 Å². The van der Waals surface area contributed by atoms with Crippen LogP contribution in [0.25, 0.3) is 0 Å². The lowest BCUT2D eigenvalue weighted by Gasteiger charge is -1.98.